The molecule has 5 nitrogen and oxygen atoms in total. The first-order valence-electron chi connectivity index (χ1n) is 8.85. The number of aromatic nitrogens is 2. The molecular formula is C21H21FN4O. The van der Waals surface area contributed by atoms with Gasteiger partial charge in [-0.1, -0.05) is 36.4 Å². The predicted molar refractivity (Wildman–Crippen MR) is 104 cm³/mol. The number of carbonyl (C=O) groups excluding carboxylic acids is 1. The number of para-hydroxylation sites is 1. The molecule has 0 bridgehead atoms. The van der Waals surface area contributed by atoms with Crippen molar-refractivity contribution in [3.63, 3.8) is 0 Å². The lowest BCUT2D eigenvalue weighted by atomic mass is 10.1. The maximum Gasteiger partial charge on any atom is 0.270 e. The highest BCUT2D eigenvalue weighted by Crippen LogP contribution is 2.22. The van der Waals surface area contributed by atoms with Crippen molar-refractivity contribution < 1.29 is 9.18 Å². The lowest BCUT2D eigenvalue weighted by Crippen LogP contribution is -2.27. The van der Waals surface area contributed by atoms with E-state index in [2.05, 4.69) is 15.3 Å². The van der Waals surface area contributed by atoms with Crippen LogP contribution in [0.25, 0.3) is 0 Å². The van der Waals surface area contributed by atoms with Crippen molar-refractivity contribution in [2.45, 2.75) is 13.3 Å². The SMILES string of the molecule is CCN(c1ccccc1)c1cc(C(=O)NCCc2ccccc2F)ncn1. The fraction of sp³-hybridized carbons (Fsp3) is 0.190. The average molecular weight is 364 g/mol. The summed E-state index contributed by atoms with van der Waals surface area (Å²) in [4.78, 5) is 22.8. The fourth-order valence-electron chi connectivity index (χ4n) is 2.81. The van der Waals surface area contributed by atoms with Crippen LogP contribution in [0.2, 0.25) is 0 Å². The monoisotopic (exact) mass is 364 g/mol. The summed E-state index contributed by atoms with van der Waals surface area (Å²) in [6.45, 7) is 3.05. The van der Waals surface area contributed by atoms with Gasteiger partial charge in [0.05, 0.1) is 0 Å². The lowest BCUT2D eigenvalue weighted by molar-refractivity contribution is 0.0949. The van der Waals surface area contributed by atoms with Gasteiger partial charge in [-0.15, -0.1) is 0 Å². The number of benzene rings is 2. The van der Waals surface area contributed by atoms with Crippen LogP contribution in [0.15, 0.2) is 67.0 Å². The van der Waals surface area contributed by atoms with Crippen molar-refractivity contribution in [1.29, 1.82) is 0 Å². The second kappa shape index (κ2) is 8.89. The molecule has 3 aromatic rings. The van der Waals surface area contributed by atoms with Gasteiger partial charge in [-0.25, -0.2) is 14.4 Å². The van der Waals surface area contributed by atoms with Gasteiger partial charge in [0.15, 0.2) is 0 Å². The molecule has 0 aliphatic carbocycles. The zero-order chi connectivity index (χ0) is 19.1. The summed E-state index contributed by atoms with van der Waals surface area (Å²) in [5.41, 5.74) is 1.84. The van der Waals surface area contributed by atoms with Crippen molar-refractivity contribution >= 4 is 17.4 Å². The number of carbonyl (C=O) groups is 1. The van der Waals surface area contributed by atoms with E-state index >= 15 is 0 Å². The number of halogens is 1. The number of hydrogen-bond donors (Lipinski definition) is 1. The van der Waals surface area contributed by atoms with E-state index in [1.807, 2.05) is 42.2 Å². The molecule has 0 fully saturated rings. The van der Waals surface area contributed by atoms with E-state index in [0.29, 0.717) is 30.9 Å². The molecule has 0 saturated carbocycles. The highest BCUT2D eigenvalue weighted by atomic mass is 19.1. The molecule has 1 amide bonds. The summed E-state index contributed by atoms with van der Waals surface area (Å²) in [5, 5.41) is 2.78. The highest BCUT2D eigenvalue weighted by Gasteiger charge is 2.13. The zero-order valence-electron chi connectivity index (χ0n) is 15.1. The second-order valence-electron chi connectivity index (χ2n) is 5.94. The Balaban J connectivity index is 1.67. The topological polar surface area (TPSA) is 58.1 Å². The smallest absolute Gasteiger partial charge is 0.270 e. The van der Waals surface area contributed by atoms with Crippen LogP contribution in [0.4, 0.5) is 15.9 Å². The summed E-state index contributed by atoms with van der Waals surface area (Å²) in [7, 11) is 0. The Bertz CT molecular complexity index is 901. The second-order valence-corrected chi connectivity index (χ2v) is 5.94. The van der Waals surface area contributed by atoms with Gasteiger partial charge in [-0.2, -0.15) is 0 Å². The molecule has 27 heavy (non-hydrogen) atoms. The molecule has 138 valence electrons. The van der Waals surface area contributed by atoms with E-state index in [1.54, 1.807) is 24.3 Å². The third-order valence-corrected chi connectivity index (χ3v) is 4.18. The molecule has 0 unspecified atom stereocenters. The summed E-state index contributed by atoms with van der Waals surface area (Å²) in [5.74, 6) is 0.0783. The Labute approximate surface area is 157 Å². The maximum atomic E-state index is 13.6. The van der Waals surface area contributed by atoms with Gasteiger partial charge in [0, 0.05) is 24.8 Å². The highest BCUT2D eigenvalue weighted by molar-refractivity contribution is 5.93. The largest absolute Gasteiger partial charge is 0.350 e. The van der Waals surface area contributed by atoms with Crippen LogP contribution in [0.5, 0.6) is 0 Å². The Hall–Kier alpha value is -3.28. The van der Waals surface area contributed by atoms with Crippen LogP contribution in [-0.4, -0.2) is 29.0 Å². The first-order chi connectivity index (χ1) is 13.2. The fourth-order valence-corrected chi connectivity index (χ4v) is 2.81. The average Bonchev–Trinajstić information content (AvgIpc) is 2.71. The van der Waals surface area contributed by atoms with Gasteiger partial charge in [0.1, 0.15) is 23.7 Å². The van der Waals surface area contributed by atoms with Gasteiger partial charge in [0.25, 0.3) is 5.91 Å². The van der Waals surface area contributed by atoms with Crippen molar-refractivity contribution in [2.24, 2.45) is 0 Å². The molecule has 0 aliphatic heterocycles. The van der Waals surface area contributed by atoms with E-state index in [9.17, 15) is 9.18 Å². The molecule has 0 atom stereocenters. The van der Waals surface area contributed by atoms with Crippen LogP contribution < -0.4 is 10.2 Å². The molecule has 6 heteroatoms. The molecular weight excluding hydrogens is 343 g/mol. The van der Waals surface area contributed by atoms with E-state index < -0.39 is 0 Å². The Morgan fingerprint density at radius 1 is 1.07 bits per heavy atom. The molecule has 3 rings (SSSR count). The normalized spacial score (nSPS) is 10.4. The number of anilines is 2. The number of nitrogens with zero attached hydrogens (tertiary/aromatic N) is 3. The van der Waals surface area contributed by atoms with E-state index in [-0.39, 0.29) is 17.4 Å². The van der Waals surface area contributed by atoms with E-state index in [1.165, 1.54) is 12.4 Å². The summed E-state index contributed by atoms with van der Waals surface area (Å²) in [6.07, 6.45) is 1.80. The van der Waals surface area contributed by atoms with Crippen LogP contribution >= 0.6 is 0 Å². The Morgan fingerprint density at radius 2 is 1.81 bits per heavy atom. The van der Waals surface area contributed by atoms with Gasteiger partial charge in [-0.3, -0.25) is 4.79 Å². The van der Waals surface area contributed by atoms with Crippen LogP contribution in [0.3, 0.4) is 0 Å². The van der Waals surface area contributed by atoms with Crippen LogP contribution in [-0.2, 0) is 6.42 Å². The van der Waals surface area contributed by atoms with Gasteiger partial charge in [-0.05, 0) is 37.1 Å². The number of nitrogens with one attached hydrogen (secondary N) is 1. The molecule has 0 spiro atoms. The standard InChI is InChI=1S/C21H21FN4O/c1-2-26(17-9-4-3-5-10-17)20-14-19(24-15-25-20)21(27)23-13-12-16-8-6-7-11-18(16)22/h3-11,14-15H,2,12-13H2,1H3,(H,23,27). The molecule has 0 aliphatic rings. The number of amides is 1. The number of rotatable bonds is 7. The third kappa shape index (κ3) is 4.67. The minimum atomic E-state index is -0.306. The minimum absolute atomic E-state index is 0.266. The maximum absolute atomic E-state index is 13.6. The quantitative estimate of drug-likeness (QED) is 0.694. The van der Waals surface area contributed by atoms with Gasteiger partial charge < -0.3 is 10.2 Å². The molecule has 1 N–H and O–H groups in total. The van der Waals surface area contributed by atoms with Gasteiger partial charge in [0.2, 0.25) is 0 Å². The van der Waals surface area contributed by atoms with E-state index in [0.717, 1.165) is 5.69 Å². The molecule has 0 radical (unpaired) electrons. The van der Waals surface area contributed by atoms with Crippen LogP contribution in [0.1, 0.15) is 23.0 Å². The summed E-state index contributed by atoms with van der Waals surface area (Å²) < 4.78 is 13.6. The first-order valence-corrected chi connectivity index (χ1v) is 8.85. The minimum Gasteiger partial charge on any atom is -0.350 e. The van der Waals surface area contributed by atoms with E-state index in [4.69, 9.17) is 0 Å². The summed E-state index contributed by atoms with van der Waals surface area (Å²) in [6, 6.07) is 18.0. The van der Waals surface area contributed by atoms with Crippen molar-refractivity contribution in [3.05, 3.63) is 84.1 Å². The number of hydrogen-bond acceptors (Lipinski definition) is 4. The Kier molecular flexibility index (Phi) is 6.10. The van der Waals surface area contributed by atoms with Crippen molar-refractivity contribution in [2.75, 3.05) is 18.0 Å². The molecule has 0 saturated heterocycles. The first kappa shape index (κ1) is 18.5. The van der Waals surface area contributed by atoms with Gasteiger partial charge >= 0.3 is 0 Å². The molecule has 2 aromatic carbocycles. The lowest BCUT2D eigenvalue weighted by Gasteiger charge is -2.22. The third-order valence-electron chi connectivity index (χ3n) is 4.18. The van der Waals surface area contributed by atoms with Crippen molar-refractivity contribution in [3.8, 4) is 0 Å². The predicted octanol–water partition coefficient (Wildman–Crippen LogP) is 3.75. The zero-order valence-corrected chi connectivity index (χ0v) is 15.1. The van der Waals surface area contributed by atoms with Crippen molar-refractivity contribution in [1.82, 2.24) is 15.3 Å². The van der Waals surface area contributed by atoms with Crippen LogP contribution in [0, 0.1) is 5.82 Å². The molecule has 1 heterocycles. The Morgan fingerprint density at radius 3 is 2.56 bits per heavy atom. The molecule has 1 aromatic heterocycles. The summed E-state index contributed by atoms with van der Waals surface area (Å²) >= 11 is 0.